The maximum atomic E-state index is 12.9. The topological polar surface area (TPSA) is 70.1 Å². The highest BCUT2D eigenvalue weighted by Crippen LogP contribution is 2.35. The number of likely N-dealkylation sites (tertiary alicyclic amines) is 2. The van der Waals surface area contributed by atoms with Crippen LogP contribution in [0.4, 0.5) is 13.2 Å². The molecule has 0 aromatic carbocycles. The second-order valence-electron chi connectivity index (χ2n) is 7.96. The Balaban J connectivity index is 0.000000318. The Morgan fingerprint density at radius 3 is 2.50 bits per heavy atom. The summed E-state index contributed by atoms with van der Waals surface area (Å²) in [4.78, 5) is 26.4. The normalized spacial score (nSPS) is 27.2. The number of nitrogens with zero attached hydrogens (tertiary/aromatic N) is 2. The standard InChI is InChI=1S/C18H26N2O2S.C2HF3O2/c21-18(20-6-1-2-7-20)15-4-9-22-17-3-8-19(12-16(15)17)11-14-5-10-23-13-14;3-2(4,5)1(6)7/h5,10,13,15-17H,1-4,6-9,11-12H2;(H,6,7)/t15-,16+,17-;/m1./s1. The van der Waals surface area contributed by atoms with Crippen molar-refractivity contribution >= 4 is 23.2 Å². The van der Waals surface area contributed by atoms with Crippen LogP contribution in [0.1, 0.15) is 31.2 Å². The fourth-order valence-corrected chi connectivity index (χ4v) is 5.11. The van der Waals surface area contributed by atoms with E-state index in [9.17, 15) is 18.0 Å². The van der Waals surface area contributed by atoms with Crippen LogP contribution in [0.15, 0.2) is 16.8 Å². The molecule has 0 saturated carbocycles. The quantitative estimate of drug-likeness (QED) is 0.769. The monoisotopic (exact) mass is 448 g/mol. The number of fused-ring (bicyclic) bond motifs is 1. The highest BCUT2D eigenvalue weighted by atomic mass is 32.1. The van der Waals surface area contributed by atoms with Gasteiger partial charge in [0, 0.05) is 51.2 Å². The van der Waals surface area contributed by atoms with Crippen molar-refractivity contribution in [2.75, 3.05) is 32.8 Å². The van der Waals surface area contributed by atoms with Gasteiger partial charge < -0.3 is 14.7 Å². The molecule has 0 bridgehead atoms. The van der Waals surface area contributed by atoms with E-state index in [0.717, 1.165) is 52.2 Å². The van der Waals surface area contributed by atoms with Gasteiger partial charge in [0.2, 0.25) is 5.91 Å². The summed E-state index contributed by atoms with van der Waals surface area (Å²) in [6.07, 6.45) is -0.471. The molecule has 6 nitrogen and oxygen atoms in total. The van der Waals surface area contributed by atoms with Crippen LogP contribution < -0.4 is 0 Å². The Labute approximate surface area is 177 Å². The third-order valence-electron chi connectivity index (χ3n) is 5.92. The van der Waals surface area contributed by atoms with E-state index in [4.69, 9.17) is 14.6 Å². The minimum absolute atomic E-state index is 0.178. The van der Waals surface area contributed by atoms with Gasteiger partial charge in [-0.05, 0) is 48.1 Å². The predicted octanol–water partition coefficient (Wildman–Crippen LogP) is 3.23. The fourth-order valence-electron chi connectivity index (χ4n) is 4.45. The summed E-state index contributed by atoms with van der Waals surface area (Å²) in [7, 11) is 0. The third-order valence-corrected chi connectivity index (χ3v) is 6.65. The van der Waals surface area contributed by atoms with Gasteiger partial charge in [-0.2, -0.15) is 24.5 Å². The van der Waals surface area contributed by atoms with E-state index in [1.54, 1.807) is 11.3 Å². The molecule has 168 valence electrons. The lowest BCUT2D eigenvalue weighted by Crippen LogP contribution is -2.53. The molecule has 0 aliphatic carbocycles. The predicted molar refractivity (Wildman–Crippen MR) is 105 cm³/mol. The molecule has 1 aromatic heterocycles. The minimum atomic E-state index is -5.08. The molecule has 3 aliphatic rings. The van der Waals surface area contributed by atoms with Crippen molar-refractivity contribution in [3.63, 3.8) is 0 Å². The number of carboxylic acid groups (broad SMARTS) is 1. The number of carboxylic acids is 1. The summed E-state index contributed by atoms with van der Waals surface area (Å²) in [5.41, 5.74) is 1.40. The van der Waals surface area contributed by atoms with E-state index >= 15 is 0 Å². The van der Waals surface area contributed by atoms with Crippen molar-refractivity contribution in [3.05, 3.63) is 22.4 Å². The zero-order valence-electron chi connectivity index (χ0n) is 16.6. The van der Waals surface area contributed by atoms with Crippen molar-refractivity contribution in [2.24, 2.45) is 11.8 Å². The number of thiophene rings is 1. The van der Waals surface area contributed by atoms with Crippen LogP contribution >= 0.6 is 11.3 Å². The first kappa shape index (κ1) is 23.0. The molecule has 1 N–H and O–H groups in total. The zero-order chi connectivity index (χ0) is 21.7. The van der Waals surface area contributed by atoms with Crippen LogP contribution in [-0.2, 0) is 20.9 Å². The van der Waals surface area contributed by atoms with Gasteiger partial charge in [-0.3, -0.25) is 9.69 Å². The number of carbonyl (C=O) groups is 2. The number of aliphatic carboxylic acids is 1. The maximum absolute atomic E-state index is 12.9. The van der Waals surface area contributed by atoms with Crippen molar-refractivity contribution in [3.8, 4) is 0 Å². The third kappa shape index (κ3) is 5.95. The molecule has 4 heterocycles. The molecule has 3 fully saturated rings. The average Bonchev–Trinajstić information content (AvgIpc) is 3.41. The van der Waals surface area contributed by atoms with Gasteiger partial charge >= 0.3 is 12.1 Å². The molecule has 1 amide bonds. The number of amides is 1. The Morgan fingerprint density at radius 1 is 1.20 bits per heavy atom. The van der Waals surface area contributed by atoms with Crippen molar-refractivity contribution in [1.29, 1.82) is 0 Å². The Morgan fingerprint density at radius 2 is 1.90 bits per heavy atom. The van der Waals surface area contributed by atoms with Crippen molar-refractivity contribution < 1.29 is 32.6 Å². The molecule has 0 unspecified atom stereocenters. The van der Waals surface area contributed by atoms with Gasteiger partial charge in [-0.15, -0.1) is 0 Å². The fraction of sp³-hybridized carbons (Fsp3) is 0.700. The molecule has 1 aromatic rings. The van der Waals surface area contributed by atoms with E-state index in [1.165, 1.54) is 18.4 Å². The van der Waals surface area contributed by atoms with Crippen LogP contribution in [0, 0.1) is 11.8 Å². The first-order chi connectivity index (χ1) is 14.3. The van der Waals surface area contributed by atoms with E-state index in [-0.39, 0.29) is 5.92 Å². The van der Waals surface area contributed by atoms with E-state index in [1.807, 2.05) is 0 Å². The summed E-state index contributed by atoms with van der Waals surface area (Å²) in [5.74, 6) is -1.80. The summed E-state index contributed by atoms with van der Waals surface area (Å²) in [6.45, 7) is 5.79. The maximum Gasteiger partial charge on any atom is 0.490 e. The van der Waals surface area contributed by atoms with E-state index < -0.39 is 12.1 Å². The summed E-state index contributed by atoms with van der Waals surface area (Å²) in [5, 5.41) is 11.5. The number of carbonyl (C=O) groups excluding carboxylic acids is 1. The summed E-state index contributed by atoms with van der Waals surface area (Å²) in [6, 6.07) is 2.21. The Hall–Kier alpha value is -1.65. The first-order valence-electron chi connectivity index (χ1n) is 10.2. The molecule has 4 rings (SSSR count). The number of halogens is 3. The van der Waals surface area contributed by atoms with Crippen LogP contribution in [0.3, 0.4) is 0 Å². The summed E-state index contributed by atoms with van der Waals surface area (Å²) >= 11 is 1.76. The van der Waals surface area contributed by atoms with Crippen LogP contribution in [-0.4, -0.2) is 71.8 Å². The largest absolute Gasteiger partial charge is 0.490 e. The molecule has 10 heteroatoms. The smallest absolute Gasteiger partial charge is 0.475 e. The Bertz CT molecular complexity index is 707. The SMILES string of the molecule is O=C(O)C(F)(F)F.O=C([C@@H]1CCO[C@@H]2CCN(Cc3ccsc3)C[C@H]21)N1CCCC1. The summed E-state index contributed by atoms with van der Waals surface area (Å²) < 4.78 is 37.7. The van der Waals surface area contributed by atoms with Gasteiger partial charge in [-0.1, -0.05) is 0 Å². The van der Waals surface area contributed by atoms with Gasteiger partial charge in [0.1, 0.15) is 0 Å². The zero-order valence-corrected chi connectivity index (χ0v) is 17.5. The van der Waals surface area contributed by atoms with Crippen molar-refractivity contribution in [2.45, 2.75) is 44.5 Å². The molecule has 3 aliphatic heterocycles. The lowest BCUT2D eigenvalue weighted by atomic mass is 9.78. The minimum Gasteiger partial charge on any atom is -0.475 e. The lowest BCUT2D eigenvalue weighted by molar-refractivity contribution is -0.192. The van der Waals surface area contributed by atoms with E-state index in [2.05, 4.69) is 26.6 Å². The molecule has 0 radical (unpaired) electrons. The van der Waals surface area contributed by atoms with Crippen LogP contribution in [0.25, 0.3) is 0 Å². The lowest BCUT2D eigenvalue weighted by Gasteiger charge is -2.45. The molecular weight excluding hydrogens is 421 g/mol. The van der Waals surface area contributed by atoms with Gasteiger partial charge in [0.15, 0.2) is 0 Å². The number of alkyl halides is 3. The number of hydrogen-bond donors (Lipinski definition) is 1. The molecule has 30 heavy (non-hydrogen) atoms. The Kier molecular flexibility index (Phi) is 7.75. The van der Waals surface area contributed by atoms with Gasteiger partial charge in [0.25, 0.3) is 0 Å². The second kappa shape index (κ2) is 10.1. The number of ether oxygens (including phenoxy) is 1. The van der Waals surface area contributed by atoms with Gasteiger partial charge in [0.05, 0.1) is 6.10 Å². The van der Waals surface area contributed by atoms with Crippen LogP contribution in [0.2, 0.25) is 0 Å². The second-order valence-corrected chi connectivity index (χ2v) is 8.74. The molecule has 3 atom stereocenters. The molecule has 3 saturated heterocycles. The average molecular weight is 449 g/mol. The van der Waals surface area contributed by atoms with Crippen LogP contribution in [0.5, 0.6) is 0 Å². The molecule has 0 spiro atoms. The number of hydrogen-bond acceptors (Lipinski definition) is 5. The van der Waals surface area contributed by atoms with E-state index in [0.29, 0.717) is 17.9 Å². The highest BCUT2D eigenvalue weighted by Gasteiger charge is 2.43. The molecular formula is C20H27F3N2O4S. The highest BCUT2D eigenvalue weighted by molar-refractivity contribution is 7.07. The first-order valence-corrected chi connectivity index (χ1v) is 11.1. The number of rotatable bonds is 3. The van der Waals surface area contributed by atoms with Gasteiger partial charge in [-0.25, -0.2) is 4.79 Å². The van der Waals surface area contributed by atoms with Crippen molar-refractivity contribution in [1.82, 2.24) is 9.80 Å². The number of piperidine rings is 1.